The minimum absolute atomic E-state index is 0.155. The van der Waals surface area contributed by atoms with Crippen LogP contribution in [0.3, 0.4) is 0 Å². The molecule has 0 aliphatic carbocycles. The summed E-state index contributed by atoms with van der Waals surface area (Å²) in [4.78, 5) is 14.7. The predicted molar refractivity (Wildman–Crippen MR) is 59.3 cm³/mol. The first kappa shape index (κ1) is 10.4. The van der Waals surface area contributed by atoms with Gasteiger partial charge >= 0.3 is 0 Å². The van der Waals surface area contributed by atoms with E-state index in [1.807, 2.05) is 0 Å². The first-order valence-electron chi connectivity index (χ1n) is 4.35. The van der Waals surface area contributed by atoms with Gasteiger partial charge in [0.1, 0.15) is 10.7 Å². The summed E-state index contributed by atoms with van der Waals surface area (Å²) in [6.45, 7) is 0. The van der Waals surface area contributed by atoms with Crippen LogP contribution in [-0.4, -0.2) is 20.7 Å². The molecule has 0 spiro atoms. The molecule has 0 unspecified atom stereocenters. The van der Waals surface area contributed by atoms with E-state index in [4.69, 9.17) is 23.1 Å². The molecule has 16 heavy (non-hydrogen) atoms. The second-order valence-electron chi connectivity index (χ2n) is 3.07. The Labute approximate surface area is 95.8 Å². The molecule has 6 nitrogen and oxygen atoms in total. The highest BCUT2D eigenvalue weighted by atomic mass is 35.5. The van der Waals surface area contributed by atoms with E-state index in [0.717, 1.165) is 0 Å². The molecule has 0 aliphatic heterocycles. The predicted octanol–water partition coefficient (Wildman–Crippen LogP) is 0.602. The Bertz CT molecular complexity index is 531. The lowest BCUT2D eigenvalue weighted by Gasteiger charge is -2.01. The van der Waals surface area contributed by atoms with E-state index in [1.54, 1.807) is 6.07 Å². The number of rotatable bonds is 2. The van der Waals surface area contributed by atoms with Gasteiger partial charge in [0, 0.05) is 6.20 Å². The number of hydrogen-bond acceptors (Lipinski definition) is 4. The van der Waals surface area contributed by atoms with Crippen LogP contribution in [-0.2, 0) is 0 Å². The van der Waals surface area contributed by atoms with Crippen LogP contribution in [0.2, 0.25) is 5.02 Å². The van der Waals surface area contributed by atoms with Gasteiger partial charge in [-0.2, -0.15) is 0 Å². The molecule has 2 heterocycles. The normalized spacial score (nSPS) is 10.3. The molecular formula is C9H8ClN5O. The maximum atomic E-state index is 10.9. The van der Waals surface area contributed by atoms with Gasteiger partial charge in [0.2, 0.25) is 0 Å². The number of anilines is 1. The number of hydrogen-bond donors (Lipinski definition) is 2. The van der Waals surface area contributed by atoms with Crippen LogP contribution in [0.15, 0.2) is 24.5 Å². The Morgan fingerprint density at radius 3 is 2.81 bits per heavy atom. The number of primary amides is 1. The standard InChI is InChI=1S/C9H8ClN5O/c10-6-4-15(14-8(6)11)5-1-2-13-7(3-5)9(12)16/h1-4H,(H2,11,14)(H2,12,16). The summed E-state index contributed by atoms with van der Waals surface area (Å²) in [6, 6.07) is 3.17. The summed E-state index contributed by atoms with van der Waals surface area (Å²) in [6.07, 6.45) is 3.00. The third kappa shape index (κ3) is 1.82. The van der Waals surface area contributed by atoms with Crippen molar-refractivity contribution in [2.45, 2.75) is 0 Å². The molecule has 2 aromatic heterocycles. The molecule has 0 fully saturated rings. The zero-order valence-electron chi connectivity index (χ0n) is 8.09. The highest BCUT2D eigenvalue weighted by Gasteiger charge is 2.07. The van der Waals surface area contributed by atoms with Gasteiger partial charge < -0.3 is 11.5 Å². The van der Waals surface area contributed by atoms with Crippen LogP contribution in [0.5, 0.6) is 0 Å². The maximum absolute atomic E-state index is 10.9. The largest absolute Gasteiger partial charge is 0.381 e. The number of aromatic nitrogens is 3. The van der Waals surface area contributed by atoms with E-state index in [-0.39, 0.29) is 11.5 Å². The van der Waals surface area contributed by atoms with Crippen molar-refractivity contribution < 1.29 is 4.79 Å². The van der Waals surface area contributed by atoms with E-state index in [2.05, 4.69) is 10.1 Å². The van der Waals surface area contributed by atoms with Crippen molar-refractivity contribution >= 4 is 23.3 Å². The Hall–Kier alpha value is -2.08. The fourth-order valence-electron chi connectivity index (χ4n) is 1.20. The number of carbonyl (C=O) groups is 1. The Morgan fingerprint density at radius 1 is 1.50 bits per heavy atom. The molecule has 7 heteroatoms. The minimum atomic E-state index is -0.604. The smallest absolute Gasteiger partial charge is 0.267 e. The molecule has 2 rings (SSSR count). The first-order valence-corrected chi connectivity index (χ1v) is 4.72. The summed E-state index contributed by atoms with van der Waals surface area (Å²) in [7, 11) is 0. The van der Waals surface area contributed by atoms with E-state index >= 15 is 0 Å². The molecular weight excluding hydrogens is 230 g/mol. The van der Waals surface area contributed by atoms with Crippen LogP contribution in [0.25, 0.3) is 5.69 Å². The van der Waals surface area contributed by atoms with Gasteiger partial charge in [-0.3, -0.25) is 9.78 Å². The van der Waals surface area contributed by atoms with Gasteiger partial charge in [-0.05, 0) is 12.1 Å². The lowest BCUT2D eigenvalue weighted by Crippen LogP contribution is -2.13. The summed E-state index contributed by atoms with van der Waals surface area (Å²) in [5, 5.41) is 4.31. The summed E-state index contributed by atoms with van der Waals surface area (Å²) in [5.41, 5.74) is 11.4. The Balaban J connectivity index is 2.48. The van der Waals surface area contributed by atoms with Crippen LogP contribution >= 0.6 is 11.6 Å². The average molecular weight is 238 g/mol. The second kappa shape index (κ2) is 3.82. The van der Waals surface area contributed by atoms with Crippen molar-refractivity contribution in [3.8, 4) is 5.69 Å². The van der Waals surface area contributed by atoms with E-state index in [1.165, 1.54) is 23.1 Å². The van der Waals surface area contributed by atoms with E-state index in [0.29, 0.717) is 10.7 Å². The van der Waals surface area contributed by atoms with Crippen molar-refractivity contribution in [2.24, 2.45) is 5.73 Å². The van der Waals surface area contributed by atoms with E-state index < -0.39 is 5.91 Å². The van der Waals surface area contributed by atoms with Crippen LogP contribution in [0.4, 0.5) is 5.82 Å². The molecule has 0 aliphatic rings. The van der Waals surface area contributed by atoms with Crippen molar-refractivity contribution in [1.82, 2.24) is 14.8 Å². The first-order chi connectivity index (χ1) is 7.58. The monoisotopic (exact) mass is 237 g/mol. The van der Waals surface area contributed by atoms with Gasteiger partial charge in [0.05, 0.1) is 11.9 Å². The number of nitrogen functional groups attached to an aromatic ring is 1. The van der Waals surface area contributed by atoms with E-state index in [9.17, 15) is 4.79 Å². The molecule has 0 saturated heterocycles. The molecule has 0 saturated carbocycles. The Morgan fingerprint density at radius 2 is 2.25 bits per heavy atom. The number of carbonyl (C=O) groups excluding carboxylic acids is 1. The third-order valence-corrected chi connectivity index (χ3v) is 2.25. The maximum Gasteiger partial charge on any atom is 0.267 e. The summed E-state index contributed by atoms with van der Waals surface area (Å²) >= 11 is 5.77. The zero-order chi connectivity index (χ0) is 11.7. The molecule has 2 aromatic rings. The molecule has 0 bridgehead atoms. The van der Waals surface area contributed by atoms with Crippen molar-refractivity contribution in [2.75, 3.05) is 5.73 Å². The topological polar surface area (TPSA) is 99.8 Å². The minimum Gasteiger partial charge on any atom is -0.381 e. The highest BCUT2D eigenvalue weighted by molar-refractivity contribution is 6.32. The fourth-order valence-corrected chi connectivity index (χ4v) is 1.33. The van der Waals surface area contributed by atoms with Crippen LogP contribution in [0.1, 0.15) is 10.5 Å². The number of nitrogens with two attached hydrogens (primary N) is 2. The molecule has 0 aromatic carbocycles. The molecule has 0 atom stereocenters. The van der Waals surface area contributed by atoms with Crippen molar-refractivity contribution in [3.63, 3.8) is 0 Å². The molecule has 4 N–H and O–H groups in total. The SMILES string of the molecule is NC(=O)c1cc(-n2cc(Cl)c(N)n2)ccn1. The van der Waals surface area contributed by atoms with Crippen molar-refractivity contribution in [1.29, 1.82) is 0 Å². The molecule has 0 radical (unpaired) electrons. The van der Waals surface area contributed by atoms with Crippen LogP contribution < -0.4 is 11.5 Å². The second-order valence-corrected chi connectivity index (χ2v) is 3.48. The quantitative estimate of drug-likeness (QED) is 0.799. The van der Waals surface area contributed by atoms with Crippen molar-refractivity contribution in [3.05, 3.63) is 35.2 Å². The lowest BCUT2D eigenvalue weighted by molar-refractivity contribution is 0.0995. The summed E-state index contributed by atoms with van der Waals surface area (Å²) in [5.74, 6) is -0.382. The van der Waals surface area contributed by atoms with Gasteiger partial charge in [0.25, 0.3) is 5.91 Å². The fraction of sp³-hybridized carbons (Fsp3) is 0. The molecule has 82 valence electrons. The number of nitrogens with zero attached hydrogens (tertiary/aromatic N) is 3. The average Bonchev–Trinajstić information content (AvgIpc) is 2.59. The number of halogens is 1. The third-order valence-electron chi connectivity index (χ3n) is 1.96. The number of pyridine rings is 1. The van der Waals surface area contributed by atoms with Gasteiger partial charge in [-0.25, -0.2) is 4.68 Å². The zero-order valence-corrected chi connectivity index (χ0v) is 8.85. The van der Waals surface area contributed by atoms with Gasteiger partial charge in [-0.15, -0.1) is 5.10 Å². The summed E-state index contributed by atoms with van der Waals surface area (Å²) < 4.78 is 1.45. The number of amides is 1. The highest BCUT2D eigenvalue weighted by Crippen LogP contribution is 2.18. The van der Waals surface area contributed by atoms with Gasteiger partial charge in [0.15, 0.2) is 5.82 Å². The van der Waals surface area contributed by atoms with Crippen LogP contribution in [0, 0.1) is 0 Å². The Kier molecular flexibility index (Phi) is 2.49. The lowest BCUT2D eigenvalue weighted by atomic mass is 10.3. The molecule has 1 amide bonds. The van der Waals surface area contributed by atoms with Gasteiger partial charge in [-0.1, -0.05) is 11.6 Å².